The molecule has 1 aliphatic heterocycles. The lowest BCUT2D eigenvalue weighted by Crippen LogP contribution is -2.46. The van der Waals surface area contributed by atoms with E-state index in [0.717, 1.165) is 61.7 Å². The monoisotopic (exact) mass is 420 g/mol. The average Bonchev–Trinajstić information content (AvgIpc) is 3.13. The lowest BCUT2D eigenvalue weighted by molar-refractivity contribution is 0.240. The van der Waals surface area contributed by atoms with Crippen LogP contribution in [0.5, 0.6) is 0 Å². The number of aromatic nitrogens is 2. The second-order valence-corrected chi connectivity index (χ2v) is 8.08. The summed E-state index contributed by atoms with van der Waals surface area (Å²) < 4.78 is 0. The van der Waals surface area contributed by atoms with Crippen molar-refractivity contribution in [1.82, 2.24) is 25.5 Å². The number of piperazine rings is 1. The molecule has 1 fully saturated rings. The van der Waals surface area contributed by atoms with Crippen molar-refractivity contribution in [2.24, 2.45) is 0 Å². The van der Waals surface area contributed by atoms with Crippen molar-refractivity contribution < 1.29 is 4.79 Å². The molecule has 4 rings (SSSR count). The summed E-state index contributed by atoms with van der Waals surface area (Å²) in [5, 5.41) is 7.11. The Kier molecular flexibility index (Phi) is 6.72. The van der Waals surface area contributed by atoms with Crippen LogP contribution in [-0.2, 0) is 13.0 Å². The number of carbonyl (C=O) groups is 1. The summed E-state index contributed by atoms with van der Waals surface area (Å²) in [5.74, 6) is 1.01. The number of aromatic amines is 1. The summed E-state index contributed by atoms with van der Waals surface area (Å²) in [6.45, 7) is 10.6. The molecule has 3 N–H and O–H groups in total. The highest BCUT2D eigenvalue weighted by atomic mass is 16.2. The number of amides is 2. The predicted molar refractivity (Wildman–Crippen MR) is 126 cm³/mol. The van der Waals surface area contributed by atoms with Crippen LogP contribution in [0, 0.1) is 6.92 Å². The van der Waals surface area contributed by atoms with Gasteiger partial charge in [-0.05, 0) is 43.1 Å². The Morgan fingerprint density at radius 3 is 2.65 bits per heavy atom. The van der Waals surface area contributed by atoms with Crippen molar-refractivity contribution in [2.45, 2.75) is 26.8 Å². The van der Waals surface area contributed by atoms with Gasteiger partial charge in [0, 0.05) is 62.1 Å². The standard InChI is InChI=1S/C24H32N6O/c1-3-29-12-14-30(15-13-29)23-9-8-19(16-26-23)17-27-24(31)25-11-10-20-18(2)28-22-7-5-4-6-21(20)22/h4-9,16,28H,3,10-15,17H2,1-2H3,(H2,25,27,31). The number of carbonyl (C=O) groups excluding carboxylic acids is 1. The molecule has 1 saturated heterocycles. The summed E-state index contributed by atoms with van der Waals surface area (Å²) in [5.41, 5.74) is 4.56. The number of nitrogens with one attached hydrogen (secondary N) is 3. The molecule has 0 unspecified atom stereocenters. The number of anilines is 1. The third kappa shape index (κ3) is 5.17. The van der Waals surface area contributed by atoms with E-state index in [1.807, 2.05) is 24.4 Å². The Balaban J connectivity index is 1.21. The van der Waals surface area contributed by atoms with Crippen molar-refractivity contribution in [2.75, 3.05) is 44.2 Å². The molecule has 2 amide bonds. The zero-order valence-corrected chi connectivity index (χ0v) is 18.4. The van der Waals surface area contributed by atoms with E-state index < -0.39 is 0 Å². The maximum absolute atomic E-state index is 12.2. The zero-order valence-electron chi connectivity index (χ0n) is 18.4. The molecule has 0 aliphatic carbocycles. The summed E-state index contributed by atoms with van der Waals surface area (Å²) in [4.78, 5) is 25.0. The van der Waals surface area contributed by atoms with Crippen LogP contribution in [-0.4, -0.2) is 60.2 Å². The van der Waals surface area contributed by atoms with E-state index in [1.165, 1.54) is 10.9 Å². The van der Waals surface area contributed by atoms with Gasteiger partial charge in [-0.2, -0.15) is 0 Å². The predicted octanol–water partition coefficient (Wildman–Crippen LogP) is 3.06. The molecule has 0 atom stereocenters. The van der Waals surface area contributed by atoms with Crippen LogP contribution in [0.3, 0.4) is 0 Å². The minimum atomic E-state index is -0.155. The first-order valence-corrected chi connectivity index (χ1v) is 11.1. The van der Waals surface area contributed by atoms with E-state index in [9.17, 15) is 4.79 Å². The van der Waals surface area contributed by atoms with Gasteiger partial charge in [0.1, 0.15) is 5.82 Å². The molecule has 0 saturated carbocycles. The highest BCUT2D eigenvalue weighted by molar-refractivity contribution is 5.84. The summed E-state index contributed by atoms with van der Waals surface area (Å²) in [6, 6.07) is 12.2. The third-order valence-corrected chi connectivity index (χ3v) is 6.09. The molecule has 3 heterocycles. The number of urea groups is 1. The number of aryl methyl sites for hydroxylation is 1. The molecule has 7 nitrogen and oxygen atoms in total. The maximum atomic E-state index is 12.2. The molecule has 3 aromatic rings. The Morgan fingerprint density at radius 2 is 1.90 bits per heavy atom. The van der Waals surface area contributed by atoms with Crippen LogP contribution in [0.1, 0.15) is 23.7 Å². The maximum Gasteiger partial charge on any atom is 0.315 e. The van der Waals surface area contributed by atoms with Gasteiger partial charge in [-0.25, -0.2) is 9.78 Å². The Labute approximate surface area is 183 Å². The third-order valence-electron chi connectivity index (χ3n) is 6.09. The fourth-order valence-electron chi connectivity index (χ4n) is 4.20. The molecule has 2 aromatic heterocycles. The highest BCUT2D eigenvalue weighted by Crippen LogP contribution is 2.21. The van der Waals surface area contributed by atoms with Crippen molar-refractivity contribution in [3.8, 4) is 0 Å². The van der Waals surface area contributed by atoms with Gasteiger partial charge >= 0.3 is 6.03 Å². The van der Waals surface area contributed by atoms with E-state index in [2.05, 4.69) is 62.4 Å². The number of hydrogen-bond acceptors (Lipinski definition) is 4. The number of para-hydroxylation sites is 1. The van der Waals surface area contributed by atoms with Crippen molar-refractivity contribution in [3.63, 3.8) is 0 Å². The van der Waals surface area contributed by atoms with Crippen molar-refractivity contribution >= 4 is 22.8 Å². The van der Waals surface area contributed by atoms with E-state index in [1.54, 1.807) is 0 Å². The zero-order chi connectivity index (χ0) is 21.6. The molecule has 0 bridgehead atoms. The molecular weight excluding hydrogens is 388 g/mol. The first-order valence-electron chi connectivity index (χ1n) is 11.1. The normalized spacial score (nSPS) is 14.7. The number of fused-ring (bicyclic) bond motifs is 1. The first kappa shape index (κ1) is 21.2. The van der Waals surface area contributed by atoms with E-state index in [0.29, 0.717) is 13.1 Å². The molecule has 7 heteroatoms. The van der Waals surface area contributed by atoms with Gasteiger partial charge in [-0.15, -0.1) is 0 Å². The molecule has 31 heavy (non-hydrogen) atoms. The van der Waals surface area contributed by atoms with Gasteiger partial charge < -0.3 is 25.4 Å². The lowest BCUT2D eigenvalue weighted by Gasteiger charge is -2.34. The summed E-state index contributed by atoms with van der Waals surface area (Å²) in [6.07, 6.45) is 2.65. The minimum absolute atomic E-state index is 0.155. The van der Waals surface area contributed by atoms with Gasteiger partial charge in [-0.1, -0.05) is 31.2 Å². The highest BCUT2D eigenvalue weighted by Gasteiger charge is 2.16. The fourth-order valence-corrected chi connectivity index (χ4v) is 4.20. The van der Waals surface area contributed by atoms with Crippen LogP contribution in [0.15, 0.2) is 42.6 Å². The van der Waals surface area contributed by atoms with Gasteiger partial charge in [-0.3, -0.25) is 0 Å². The number of nitrogens with zero attached hydrogens (tertiary/aromatic N) is 3. The first-order chi connectivity index (χ1) is 15.1. The lowest BCUT2D eigenvalue weighted by atomic mass is 10.1. The number of benzene rings is 1. The fraction of sp³-hybridized carbons (Fsp3) is 0.417. The van der Waals surface area contributed by atoms with Crippen molar-refractivity contribution in [1.29, 1.82) is 0 Å². The second-order valence-electron chi connectivity index (χ2n) is 8.08. The second kappa shape index (κ2) is 9.83. The smallest absolute Gasteiger partial charge is 0.315 e. The Bertz CT molecular complexity index is 1000. The number of pyridine rings is 1. The van der Waals surface area contributed by atoms with Crippen LogP contribution in [0.25, 0.3) is 10.9 Å². The Morgan fingerprint density at radius 1 is 1.10 bits per heavy atom. The Hall–Kier alpha value is -3.06. The van der Waals surface area contributed by atoms with Gasteiger partial charge in [0.05, 0.1) is 0 Å². The van der Waals surface area contributed by atoms with Crippen LogP contribution in [0.2, 0.25) is 0 Å². The van der Waals surface area contributed by atoms with Gasteiger partial charge in [0.25, 0.3) is 0 Å². The van der Waals surface area contributed by atoms with Crippen molar-refractivity contribution in [3.05, 3.63) is 59.4 Å². The largest absolute Gasteiger partial charge is 0.358 e. The molecule has 1 aliphatic rings. The quantitative estimate of drug-likeness (QED) is 0.549. The summed E-state index contributed by atoms with van der Waals surface area (Å²) in [7, 11) is 0. The van der Waals surface area contributed by atoms with Gasteiger partial charge in [0.2, 0.25) is 0 Å². The van der Waals surface area contributed by atoms with Gasteiger partial charge in [0.15, 0.2) is 0 Å². The molecular formula is C24H32N6O. The van der Waals surface area contributed by atoms with E-state index >= 15 is 0 Å². The molecule has 1 aromatic carbocycles. The topological polar surface area (TPSA) is 76.3 Å². The van der Waals surface area contributed by atoms with E-state index in [4.69, 9.17) is 0 Å². The molecule has 0 radical (unpaired) electrons. The SMILES string of the molecule is CCN1CCN(c2ccc(CNC(=O)NCCc3c(C)[nH]c4ccccc34)cn2)CC1. The average molecular weight is 421 g/mol. The minimum Gasteiger partial charge on any atom is -0.358 e. The molecule has 0 spiro atoms. The molecule has 164 valence electrons. The number of hydrogen-bond donors (Lipinski definition) is 3. The van der Waals surface area contributed by atoms with E-state index in [-0.39, 0.29) is 6.03 Å². The number of H-pyrrole nitrogens is 1. The van der Waals surface area contributed by atoms with Crippen LogP contribution < -0.4 is 15.5 Å². The van der Waals surface area contributed by atoms with Crippen LogP contribution in [0.4, 0.5) is 10.6 Å². The number of likely N-dealkylation sites (N-methyl/N-ethyl adjacent to an activating group) is 1. The van der Waals surface area contributed by atoms with Crippen LogP contribution >= 0.6 is 0 Å². The summed E-state index contributed by atoms with van der Waals surface area (Å²) >= 11 is 0. The number of rotatable bonds is 7.